The summed E-state index contributed by atoms with van der Waals surface area (Å²) in [4.78, 5) is 1.04. The molecule has 0 fully saturated rings. The van der Waals surface area contributed by atoms with Crippen molar-refractivity contribution in [2.24, 2.45) is 0 Å². The van der Waals surface area contributed by atoms with Crippen LogP contribution in [0.5, 0.6) is 0 Å². The standard InChI is InChI=1S/C10H10S/c11-10-6-4-9(5-7-10)8-2-1-3-8/h2,4-7,11H,1,3H2. The van der Waals surface area contributed by atoms with Crippen LogP contribution in [-0.2, 0) is 0 Å². The Balaban J connectivity index is 2.32. The molecule has 0 atom stereocenters. The summed E-state index contributed by atoms with van der Waals surface area (Å²) in [5.74, 6) is 0. The Bertz CT molecular complexity index is 282. The van der Waals surface area contributed by atoms with Gasteiger partial charge in [0.2, 0.25) is 0 Å². The van der Waals surface area contributed by atoms with Gasteiger partial charge in [0.15, 0.2) is 0 Å². The number of thiol groups is 1. The minimum absolute atomic E-state index is 1.04. The first-order valence-electron chi connectivity index (χ1n) is 3.85. The van der Waals surface area contributed by atoms with Crippen LogP contribution in [0.15, 0.2) is 35.2 Å². The monoisotopic (exact) mass is 162 g/mol. The second kappa shape index (κ2) is 2.74. The van der Waals surface area contributed by atoms with Crippen molar-refractivity contribution in [2.45, 2.75) is 17.7 Å². The Hall–Kier alpha value is -0.690. The van der Waals surface area contributed by atoms with Crippen molar-refractivity contribution in [1.29, 1.82) is 0 Å². The van der Waals surface area contributed by atoms with E-state index in [-0.39, 0.29) is 0 Å². The summed E-state index contributed by atoms with van der Waals surface area (Å²) in [5, 5.41) is 0. The van der Waals surface area contributed by atoms with E-state index in [0.29, 0.717) is 0 Å². The molecule has 1 heteroatoms. The van der Waals surface area contributed by atoms with Crippen LogP contribution in [0.25, 0.3) is 5.57 Å². The molecular weight excluding hydrogens is 152 g/mol. The van der Waals surface area contributed by atoms with Gasteiger partial charge < -0.3 is 0 Å². The van der Waals surface area contributed by atoms with E-state index in [1.807, 2.05) is 12.1 Å². The molecule has 0 radical (unpaired) electrons. The van der Waals surface area contributed by atoms with Crippen molar-refractivity contribution in [3.63, 3.8) is 0 Å². The van der Waals surface area contributed by atoms with E-state index in [0.717, 1.165) is 4.90 Å². The van der Waals surface area contributed by atoms with Crippen LogP contribution in [0.1, 0.15) is 18.4 Å². The van der Waals surface area contributed by atoms with Gasteiger partial charge in [-0.3, -0.25) is 0 Å². The third-order valence-electron chi connectivity index (χ3n) is 2.04. The summed E-state index contributed by atoms with van der Waals surface area (Å²) < 4.78 is 0. The van der Waals surface area contributed by atoms with Gasteiger partial charge >= 0.3 is 0 Å². The second-order valence-electron chi connectivity index (χ2n) is 2.81. The predicted molar refractivity (Wildman–Crippen MR) is 50.9 cm³/mol. The summed E-state index contributed by atoms with van der Waals surface area (Å²) in [6.07, 6.45) is 4.78. The van der Waals surface area contributed by atoms with E-state index >= 15 is 0 Å². The summed E-state index contributed by atoms with van der Waals surface area (Å²) in [6.45, 7) is 0. The Labute approximate surface area is 72.4 Å². The molecule has 0 unspecified atom stereocenters. The fraction of sp³-hybridized carbons (Fsp3) is 0.200. The number of benzene rings is 1. The number of allylic oxidation sites excluding steroid dienone is 2. The third-order valence-corrected chi connectivity index (χ3v) is 2.34. The van der Waals surface area contributed by atoms with Crippen molar-refractivity contribution < 1.29 is 0 Å². The van der Waals surface area contributed by atoms with Crippen molar-refractivity contribution in [1.82, 2.24) is 0 Å². The molecule has 0 spiro atoms. The molecule has 0 saturated heterocycles. The molecule has 1 aliphatic carbocycles. The quantitative estimate of drug-likeness (QED) is 0.602. The van der Waals surface area contributed by atoms with Crippen molar-refractivity contribution in [2.75, 3.05) is 0 Å². The van der Waals surface area contributed by atoms with Gasteiger partial charge in [0.25, 0.3) is 0 Å². The number of hydrogen-bond acceptors (Lipinski definition) is 1. The van der Waals surface area contributed by atoms with E-state index in [9.17, 15) is 0 Å². The minimum Gasteiger partial charge on any atom is -0.143 e. The zero-order valence-corrected chi connectivity index (χ0v) is 7.14. The molecule has 2 rings (SSSR count). The molecular formula is C10H10S. The van der Waals surface area contributed by atoms with Crippen LogP contribution in [0.4, 0.5) is 0 Å². The highest BCUT2D eigenvalue weighted by Crippen LogP contribution is 2.28. The zero-order valence-electron chi connectivity index (χ0n) is 6.25. The van der Waals surface area contributed by atoms with E-state index in [1.165, 1.54) is 24.0 Å². The lowest BCUT2D eigenvalue weighted by Gasteiger charge is -2.14. The van der Waals surface area contributed by atoms with Crippen molar-refractivity contribution in [3.8, 4) is 0 Å². The van der Waals surface area contributed by atoms with Gasteiger partial charge in [-0.25, -0.2) is 0 Å². The van der Waals surface area contributed by atoms with Crippen LogP contribution < -0.4 is 0 Å². The molecule has 0 saturated carbocycles. The maximum absolute atomic E-state index is 4.23. The maximum Gasteiger partial charge on any atom is 0.00403 e. The van der Waals surface area contributed by atoms with Gasteiger partial charge in [-0.15, -0.1) is 12.6 Å². The Kier molecular flexibility index (Phi) is 1.74. The Morgan fingerprint density at radius 1 is 1.09 bits per heavy atom. The molecule has 0 aliphatic heterocycles. The van der Waals surface area contributed by atoms with E-state index < -0.39 is 0 Å². The molecule has 11 heavy (non-hydrogen) atoms. The predicted octanol–water partition coefficient (Wildman–Crippen LogP) is 3.15. The van der Waals surface area contributed by atoms with E-state index in [4.69, 9.17) is 0 Å². The topological polar surface area (TPSA) is 0 Å². The normalized spacial score (nSPS) is 15.5. The first-order chi connectivity index (χ1) is 5.36. The molecule has 0 N–H and O–H groups in total. The molecule has 1 aromatic rings. The largest absolute Gasteiger partial charge is 0.143 e. The van der Waals surface area contributed by atoms with Crippen LogP contribution in [0.2, 0.25) is 0 Å². The van der Waals surface area contributed by atoms with Crippen molar-refractivity contribution >= 4 is 18.2 Å². The van der Waals surface area contributed by atoms with Crippen LogP contribution in [0, 0.1) is 0 Å². The lowest BCUT2D eigenvalue weighted by Crippen LogP contribution is -1.92. The van der Waals surface area contributed by atoms with E-state index in [1.54, 1.807) is 0 Å². The Morgan fingerprint density at radius 2 is 1.73 bits per heavy atom. The maximum atomic E-state index is 4.23. The van der Waals surface area contributed by atoms with Crippen LogP contribution >= 0.6 is 12.6 Å². The van der Waals surface area contributed by atoms with Gasteiger partial charge in [-0.1, -0.05) is 18.2 Å². The van der Waals surface area contributed by atoms with Gasteiger partial charge in [0.1, 0.15) is 0 Å². The van der Waals surface area contributed by atoms with Gasteiger partial charge in [0, 0.05) is 4.90 Å². The number of rotatable bonds is 1. The van der Waals surface area contributed by atoms with Gasteiger partial charge in [-0.2, -0.15) is 0 Å². The first-order valence-corrected chi connectivity index (χ1v) is 4.29. The molecule has 0 heterocycles. The minimum atomic E-state index is 1.04. The van der Waals surface area contributed by atoms with Crippen LogP contribution in [0.3, 0.4) is 0 Å². The highest BCUT2D eigenvalue weighted by Gasteiger charge is 2.06. The smallest absolute Gasteiger partial charge is 0.00403 e. The highest BCUT2D eigenvalue weighted by atomic mass is 32.1. The fourth-order valence-corrected chi connectivity index (χ4v) is 1.38. The molecule has 0 aromatic heterocycles. The summed E-state index contributed by atoms with van der Waals surface area (Å²) in [6, 6.07) is 8.34. The molecule has 0 bridgehead atoms. The molecule has 1 aromatic carbocycles. The highest BCUT2D eigenvalue weighted by molar-refractivity contribution is 7.80. The van der Waals surface area contributed by atoms with Crippen LogP contribution in [-0.4, -0.2) is 0 Å². The molecule has 1 aliphatic rings. The van der Waals surface area contributed by atoms with Gasteiger partial charge in [-0.05, 0) is 36.1 Å². The lowest BCUT2D eigenvalue weighted by atomic mass is 9.92. The SMILES string of the molecule is Sc1ccc(C2=CCC2)cc1. The summed E-state index contributed by atoms with van der Waals surface area (Å²) in [7, 11) is 0. The number of hydrogen-bond donors (Lipinski definition) is 1. The lowest BCUT2D eigenvalue weighted by molar-refractivity contribution is 0.988. The molecule has 0 nitrogen and oxygen atoms in total. The summed E-state index contributed by atoms with van der Waals surface area (Å²) in [5.41, 5.74) is 2.84. The molecule has 56 valence electrons. The Morgan fingerprint density at radius 3 is 2.18 bits per heavy atom. The third kappa shape index (κ3) is 1.33. The average molecular weight is 162 g/mol. The second-order valence-corrected chi connectivity index (χ2v) is 3.33. The van der Waals surface area contributed by atoms with E-state index in [2.05, 4.69) is 30.8 Å². The van der Waals surface area contributed by atoms with Gasteiger partial charge in [0.05, 0.1) is 0 Å². The summed E-state index contributed by atoms with van der Waals surface area (Å²) >= 11 is 4.23. The first kappa shape index (κ1) is 6.99. The fourth-order valence-electron chi connectivity index (χ4n) is 1.23. The average Bonchev–Trinajstić information content (AvgIpc) is 1.90. The van der Waals surface area contributed by atoms with Crippen molar-refractivity contribution in [3.05, 3.63) is 35.9 Å². The zero-order chi connectivity index (χ0) is 7.68. The molecule has 0 amide bonds.